The van der Waals surface area contributed by atoms with Crippen LogP contribution < -0.4 is 0 Å². The van der Waals surface area contributed by atoms with Gasteiger partial charge in [0.25, 0.3) is 0 Å². The Kier molecular flexibility index (Phi) is 5.85. The summed E-state index contributed by atoms with van der Waals surface area (Å²) in [7, 11) is 0. The van der Waals surface area contributed by atoms with Gasteiger partial charge in [-0.3, -0.25) is 9.98 Å². The van der Waals surface area contributed by atoms with Gasteiger partial charge >= 0.3 is 0 Å². The molecule has 4 rings (SSSR count). The van der Waals surface area contributed by atoms with Gasteiger partial charge in [0.15, 0.2) is 23.0 Å². The number of para-hydroxylation sites is 2. The topological polar surface area (TPSA) is 106 Å². The number of hydrogen-bond donors (Lipinski definition) is 4. The van der Waals surface area contributed by atoms with Crippen molar-refractivity contribution in [3.8, 4) is 34.1 Å². The van der Waals surface area contributed by atoms with Crippen molar-refractivity contribution < 1.29 is 20.4 Å². The molecule has 0 bridgehead atoms. The first-order valence-corrected chi connectivity index (χ1v) is 9.82. The molecule has 0 amide bonds. The van der Waals surface area contributed by atoms with Crippen LogP contribution in [0.1, 0.15) is 11.1 Å². The van der Waals surface area contributed by atoms with Gasteiger partial charge in [0.05, 0.1) is 11.4 Å². The second-order valence-corrected chi connectivity index (χ2v) is 7.04. The summed E-state index contributed by atoms with van der Waals surface area (Å²) in [4.78, 5) is 8.68. The number of benzene rings is 4. The minimum atomic E-state index is -0.199. The first kappa shape index (κ1) is 20.7. The zero-order valence-corrected chi connectivity index (χ0v) is 16.9. The highest BCUT2D eigenvalue weighted by Crippen LogP contribution is 2.29. The highest BCUT2D eigenvalue weighted by molar-refractivity contribution is 5.87. The average Bonchev–Trinajstić information content (AvgIpc) is 2.82. The molecular formula is C26H20N2O4. The zero-order chi connectivity index (χ0) is 22.5. The molecule has 0 atom stereocenters. The van der Waals surface area contributed by atoms with E-state index < -0.39 is 0 Å². The number of phenolic OH excluding ortho intramolecular Hbond substituents is 4. The van der Waals surface area contributed by atoms with Crippen LogP contribution in [-0.2, 0) is 0 Å². The van der Waals surface area contributed by atoms with E-state index in [0.717, 1.165) is 11.1 Å². The molecule has 4 aromatic rings. The minimum absolute atomic E-state index is 0.184. The lowest BCUT2D eigenvalue weighted by Crippen LogP contribution is -1.83. The molecule has 0 saturated heterocycles. The van der Waals surface area contributed by atoms with Gasteiger partial charge in [0, 0.05) is 23.6 Å². The Balaban J connectivity index is 1.46. The number of aromatic hydroxyl groups is 4. The van der Waals surface area contributed by atoms with E-state index in [1.807, 2.05) is 48.5 Å². The zero-order valence-electron chi connectivity index (χ0n) is 16.9. The molecular weight excluding hydrogens is 404 g/mol. The van der Waals surface area contributed by atoms with Crippen molar-refractivity contribution in [1.29, 1.82) is 0 Å². The molecule has 0 unspecified atom stereocenters. The van der Waals surface area contributed by atoms with E-state index >= 15 is 0 Å². The van der Waals surface area contributed by atoms with Crippen molar-refractivity contribution in [2.45, 2.75) is 0 Å². The lowest BCUT2D eigenvalue weighted by atomic mass is 10.1. The summed E-state index contributed by atoms with van der Waals surface area (Å²) >= 11 is 0. The van der Waals surface area contributed by atoms with Gasteiger partial charge in [-0.15, -0.1) is 0 Å². The van der Waals surface area contributed by atoms with Gasteiger partial charge in [-0.05, 0) is 59.7 Å². The van der Waals surface area contributed by atoms with Gasteiger partial charge in [-0.25, -0.2) is 0 Å². The Hall–Kier alpha value is -4.58. The van der Waals surface area contributed by atoms with E-state index in [9.17, 15) is 20.4 Å². The van der Waals surface area contributed by atoms with Crippen LogP contribution in [-0.4, -0.2) is 32.9 Å². The average molecular weight is 424 g/mol. The van der Waals surface area contributed by atoms with Crippen LogP contribution in [0.4, 0.5) is 11.4 Å². The van der Waals surface area contributed by atoms with Crippen LogP contribution in [0.25, 0.3) is 11.1 Å². The molecule has 0 heterocycles. The van der Waals surface area contributed by atoms with Crippen LogP contribution in [0.15, 0.2) is 94.9 Å². The van der Waals surface area contributed by atoms with Gasteiger partial charge in [-0.2, -0.15) is 0 Å². The summed E-state index contributed by atoms with van der Waals surface area (Å²) in [6.45, 7) is 0. The summed E-state index contributed by atoms with van der Waals surface area (Å²) in [6, 6.07) is 24.7. The molecule has 0 spiro atoms. The maximum Gasteiger partial charge on any atom is 0.166 e. The van der Waals surface area contributed by atoms with Crippen LogP contribution in [0, 0.1) is 0 Å². The second-order valence-electron chi connectivity index (χ2n) is 7.04. The van der Waals surface area contributed by atoms with Crippen molar-refractivity contribution in [2.24, 2.45) is 9.98 Å². The monoisotopic (exact) mass is 424 g/mol. The molecule has 0 aliphatic carbocycles. The summed E-state index contributed by atoms with van der Waals surface area (Å²) in [5.41, 5.74) is 4.30. The Morgan fingerprint density at radius 3 is 1.22 bits per heavy atom. The predicted molar refractivity (Wildman–Crippen MR) is 126 cm³/mol. The highest BCUT2D eigenvalue weighted by atomic mass is 16.3. The van der Waals surface area contributed by atoms with Crippen molar-refractivity contribution in [3.05, 3.63) is 96.1 Å². The molecule has 0 radical (unpaired) electrons. The fourth-order valence-corrected chi connectivity index (χ4v) is 3.07. The third-order valence-electron chi connectivity index (χ3n) is 4.87. The minimum Gasteiger partial charge on any atom is -0.504 e. The van der Waals surface area contributed by atoms with Crippen LogP contribution in [0.2, 0.25) is 0 Å². The van der Waals surface area contributed by atoms with Crippen LogP contribution in [0.3, 0.4) is 0 Å². The standard InChI is InChI=1S/C26H20N2O4/c29-23-5-1-3-19(25(23)31)15-27-21-11-7-17(8-12-21)18-9-13-22(14-10-18)28-16-20-4-2-6-24(30)26(20)32/h1-16,29-32H. The molecule has 6 heteroatoms. The summed E-state index contributed by atoms with van der Waals surface area (Å²) < 4.78 is 0. The van der Waals surface area contributed by atoms with Crippen LogP contribution in [0.5, 0.6) is 23.0 Å². The first-order chi connectivity index (χ1) is 15.5. The summed E-state index contributed by atoms with van der Waals surface area (Å²) in [5, 5.41) is 38.8. The maximum absolute atomic E-state index is 9.84. The number of hydrogen-bond acceptors (Lipinski definition) is 6. The largest absolute Gasteiger partial charge is 0.504 e. The van der Waals surface area contributed by atoms with Gasteiger partial charge < -0.3 is 20.4 Å². The fraction of sp³-hybridized carbons (Fsp3) is 0. The smallest absolute Gasteiger partial charge is 0.166 e. The lowest BCUT2D eigenvalue weighted by molar-refractivity contribution is 0.403. The molecule has 4 aromatic carbocycles. The van der Waals surface area contributed by atoms with Crippen molar-refractivity contribution >= 4 is 23.8 Å². The Labute approximate surface area is 184 Å². The molecule has 32 heavy (non-hydrogen) atoms. The molecule has 4 N–H and O–H groups in total. The molecule has 0 saturated carbocycles. The van der Waals surface area contributed by atoms with E-state index in [4.69, 9.17) is 0 Å². The van der Waals surface area contributed by atoms with E-state index in [0.29, 0.717) is 22.5 Å². The number of nitrogens with zero attached hydrogens (tertiary/aromatic N) is 2. The Bertz CT molecular complexity index is 1190. The highest BCUT2D eigenvalue weighted by Gasteiger charge is 2.04. The Morgan fingerprint density at radius 1 is 0.469 bits per heavy atom. The van der Waals surface area contributed by atoms with E-state index in [2.05, 4.69) is 9.98 Å². The fourth-order valence-electron chi connectivity index (χ4n) is 3.07. The summed E-state index contributed by atoms with van der Waals surface area (Å²) in [6.07, 6.45) is 3.00. The Morgan fingerprint density at radius 2 is 0.844 bits per heavy atom. The molecule has 158 valence electrons. The quantitative estimate of drug-likeness (QED) is 0.244. The number of aliphatic imine (C=N–C) groups is 2. The molecule has 0 aromatic heterocycles. The van der Waals surface area contributed by atoms with Crippen LogP contribution >= 0.6 is 0 Å². The van der Waals surface area contributed by atoms with Crippen molar-refractivity contribution in [2.75, 3.05) is 0 Å². The second kappa shape index (κ2) is 9.06. The molecule has 0 aliphatic rings. The molecule has 0 aliphatic heterocycles. The van der Waals surface area contributed by atoms with E-state index in [1.54, 1.807) is 24.3 Å². The lowest BCUT2D eigenvalue weighted by Gasteiger charge is -2.04. The predicted octanol–water partition coefficient (Wildman–Crippen LogP) is 5.68. The molecule has 6 nitrogen and oxygen atoms in total. The third kappa shape index (κ3) is 4.60. The van der Waals surface area contributed by atoms with E-state index in [1.165, 1.54) is 24.6 Å². The SMILES string of the molecule is Oc1cccc(C=Nc2ccc(-c3ccc(N=Cc4cccc(O)c4O)cc3)cc2)c1O. The van der Waals surface area contributed by atoms with Gasteiger partial charge in [-0.1, -0.05) is 36.4 Å². The van der Waals surface area contributed by atoms with Gasteiger partial charge in [0.2, 0.25) is 0 Å². The van der Waals surface area contributed by atoms with Gasteiger partial charge in [0.1, 0.15) is 0 Å². The number of phenols is 4. The summed E-state index contributed by atoms with van der Waals surface area (Å²) in [5.74, 6) is -0.767. The van der Waals surface area contributed by atoms with Crippen molar-refractivity contribution in [3.63, 3.8) is 0 Å². The number of rotatable bonds is 5. The third-order valence-corrected chi connectivity index (χ3v) is 4.87. The van der Waals surface area contributed by atoms with Crippen molar-refractivity contribution in [1.82, 2.24) is 0 Å². The van der Waals surface area contributed by atoms with E-state index in [-0.39, 0.29) is 23.0 Å². The maximum atomic E-state index is 9.84. The first-order valence-electron chi connectivity index (χ1n) is 9.82. The molecule has 0 fully saturated rings. The normalized spacial score (nSPS) is 11.4.